The van der Waals surface area contributed by atoms with Crippen LogP contribution in [-0.4, -0.2) is 22.9 Å². The van der Waals surface area contributed by atoms with Crippen molar-refractivity contribution in [1.82, 2.24) is 15.1 Å². The van der Waals surface area contributed by atoms with Gasteiger partial charge in [-0.1, -0.05) is 6.08 Å². The third-order valence-corrected chi connectivity index (χ3v) is 2.78. The van der Waals surface area contributed by atoms with E-state index in [1.165, 1.54) is 18.4 Å². The van der Waals surface area contributed by atoms with E-state index in [2.05, 4.69) is 23.2 Å². The number of nitrogens with zero attached hydrogens (tertiary/aromatic N) is 2. The van der Waals surface area contributed by atoms with E-state index in [0.29, 0.717) is 5.92 Å². The van der Waals surface area contributed by atoms with Crippen LogP contribution in [0.1, 0.15) is 24.3 Å². The molecule has 1 aliphatic heterocycles. The van der Waals surface area contributed by atoms with E-state index in [1.807, 2.05) is 17.0 Å². The number of aromatic nitrogens is 2. The average molecular weight is 191 g/mol. The van der Waals surface area contributed by atoms with Crippen molar-refractivity contribution >= 4 is 0 Å². The van der Waals surface area contributed by atoms with Crippen LogP contribution in [0.3, 0.4) is 0 Å². The Labute approximate surface area is 84.8 Å². The van der Waals surface area contributed by atoms with E-state index >= 15 is 0 Å². The molecular weight excluding hydrogens is 174 g/mol. The molecule has 0 atom stereocenters. The zero-order valence-electron chi connectivity index (χ0n) is 8.45. The van der Waals surface area contributed by atoms with Gasteiger partial charge in [-0.25, -0.2) is 0 Å². The predicted octanol–water partition coefficient (Wildman–Crippen LogP) is 1.54. The second-order valence-electron chi connectivity index (χ2n) is 3.81. The second-order valence-corrected chi connectivity index (χ2v) is 3.81. The van der Waals surface area contributed by atoms with Crippen molar-refractivity contribution < 1.29 is 0 Å². The summed E-state index contributed by atoms with van der Waals surface area (Å²) in [7, 11) is 0. The summed E-state index contributed by atoms with van der Waals surface area (Å²) >= 11 is 0. The molecule has 1 aromatic heterocycles. The summed E-state index contributed by atoms with van der Waals surface area (Å²) in [6, 6.07) is 0. The monoisotopic (exact) mass is 191 g/mol. The largest absolute Gasteiger partial charge is 0.317 e. The van der Waals surface area contributed by atoms with Gasteiger partial charge in [0.05, 0.1) is 12.7 Å². The van der Waals surface area contributed by atoms with Crippen LogP contribution in [0.25, 0.3) is 0 Å². The maximum absolute atomic E-state index is 4.31. The molecule has 0 amide bonds. The fourth-order valence-corrected chi connectivity index (χ4v) is 1.98. The summed E-state index contributed by atoms with van der Waals surface area (Å²) < 4.78 is 1.95. The minimum Gasteiger partial charge on any atom is -0.317 e. The van der Waals surface area contributed by atoms with Crippen molar-refractivity contribution in [2.75, 3.05) is 13.1 Å². The lowest BCUT2D eigenvalue weighted by Crippen LogP contribution is -2.26. The molecule has 2 rings (SSSR count). The maximum atomic E-state index is 4.31. The fourth-order valence-electron chi connectivity index (χ4n) is 1.98. The first kappa shape index (κ1) is 9.46. The van der Waals surface area contributed by atoms with Gasteiger partial charge in [-0.15, -0.1) is 6.58 Å². The van der Waals surface area contributed by atoms with E-state index in [-0.39, 0.29) is 0 Å². The van der Waals surface area contributed by atoms with Gasteiger partial charge in [0.2, 0.25) is 0 Å². The summed E-state index contributed by atoms with van der Waals surface area (Å²) in [5.74, 6) is 0.704. The minimum absolute atomic E-state index is 0.704. The van der Waals surface area contributed by atoms with Gasteiger partial charge in [-0.05, 0) is 37.4 Å². The Morgan fingerprint density at radius 1 is 1.57 bits per heavy atom. The molecule has 0 radical (unpaired) electrons. The molecule has 14 heavy (non-hydrogen) atoms. The first-order valence-corrected chi connectivity index (χ1v) is 5.24. The van der Waals surface area contributed by atoms with Gasteiger partial charge in [0.1, 0.15) is 0 Å². The summed E-state index contributed by atoms with van der Waals surface area (Å²) in [6.07, 6.45) is 8.50. The molecule has 0 aliphatic carbocycles. The number of hydrogen-bond acceptors (Lipinski definition) is 2. The molecular formula is C11H17N3. The number of allylic oxidation sites excluding steroid dienone is 1. The highest BCUT2D eigenvalue weighted by molar-refractivity contribution is 5.12. The van der Waals surface area contributed by atoms with Crippen LogP contribution in [0.15, 0.2) is 25.0 Å². The topological polar surface area (TPSA) is 29.9 Å². The summed E-state index contributed by atoms with van der Waals surface area (Å²) in [6.45, 7) is 6.79. The molecule has 1 fully saturated rings. The highest BCUT2D eigenvalue weighted by Crippen LogP contribution is 2.24. The number of nitrogens with one attached hydrogen (secondary N) is 1. The molecule has 0 aromatic carbocycles. The zero-order chi connectivity index (χ0) is 9.80. The maximum Gasteiger partial charge on any atom is 0.0587 e. The van der Waals surface area contributed by atoms with Crippen molar-refractivity contribution in [3.63, 3.8) is 0 Å². The molecule has 3 nitrogen and oxygen atoms in total. The quantitative estimate of drug-likeness (QED) is 0.734. The Kier molecular flexibility index (Phi) is 2.99. The lowest BCUT2D eigenvalue weighted by molar-refractivity contribution is 0.460. The third kappa shape index (κ3) is 2.04. The summed E-state index contributed by atoms with van der Waals surface area (Å²) in [5.41, 5.74) is 1.38. The van der Waals surface area contributed by atoms with Crippen LogP contribution in [0.5, 0.6) is 0 Å². The second kappa shape index (κ2) is 4.42. The predicted molar refractivity (Wildman–Crippen MR) is 57.3 cm³/mol. The van der Waals surface area contributed by atoms with Crippen molar-refractivity contribution in [2.24, 2.45) is 0 Å². The van der Waals surface area contributed by atoms with Gasteiger partial charge >= 0.3 is 0 Å². The van der Waals surface area contributed by atoms with Crippen LogP contribution in [0.4, 0.5) is 0 Å². The molecule has 1 aromatic rings. The van der Waals surface area contributed by atoms with Crippen LogP contribution in [0, 0.1) is 0 Å². The number of piperidine rings is 1. The van der Waals surface area contributed by atoms with E-state index in [1.54, 1.807) is 0 Å². The van der Waals surface area contributed by atoms with Gasteiger partial charge in [0.15, 0.2) is 0 Å². The Balaban J connectivity index is 2.03. The highest BCUT2D eigenvalue weighted by atomic mass is 15.3. The lowest BCUT2D eigenvalue weighted by Gasteiger charge is -2.21. The molecule has 0 saturated carbocycles. The molecule has 76 valence electrons. The fraction of sp³-hybridized carbons (Fsp3) is 0.545. The number of hydrogen-bond donors (Lipinski definition) is 1. The smallest absolute Gasteiger partial charge is 0.0587 e. The van der Waals surface area contributed by atoms with E-state index in [4.69, 9.17) is 0 Å². The Morgan fingerprint density at radius 3 is 3.07 bits per heavy atom. The van der Waals surface area contributed by atoms with E-state index in [0.717, 1.165) is 19.6 Å². The van der Waals surface area contributed by atoms with Crippen molar-refractivity contribution in [2.45, 2.75) is 25.3 Å². The highest BCUT2D eigenvalue weighted by Gasteiger charge is 2.16. The van der Waals surface area contributed by atoms with Gasteiger partial charge in [0.25, 0.3) is 0 Å². The molecule has 2 heterocycles. The van der Waals surface area contributed by atoms with Crippen LogP contribution < -0.4 is 5.32 Å². The van der Waals surface area contributed by atoms with Crippen LogP contribution in [0.2, 0.25) is 0 Å². The minimum atomic E-state index is 0.704. The lowest BCUT2D eigenvalue weighted by atomic mass is 9.93. The van der Waals surface area contributed by atoms with Gasteiger partial charge in [-0.3, -0.25) is 4.68 Å². The number of rotatable bonds is 3. The molecule has 0 bridgehead atoms. The first-order valence-electron chi connectivity index (χ1n) is 5.24. The van der Waals surface area contributed by atoms with Crippen molar-refractivity contribution in [1.29, 1.82) is 0 Å². The molecule has 1 N–H and O–H groups in total. The third-order valence-electron chi connectivity index (χ3n) is 2.78. The average Bonchev–Trinajstić information content (AvgIpc) is 2.68. The van der Waals surface area contributed by atoms with Gasteiger partial charge < -0.3 is 5.32 Å². The Hall–Kier alpha value is -1.09. The van der Waals surface area contributed by atoms with E-state index < -0.39 is 0 Å². The molecule has 3 heteroatoms. The van der Waals surface area contributed by atoms with Gasteiger partial charge in [0, 0.05) is 6.20 Å². The summed E-state index contributed by atoms with van der Waals surface area (Å²) in [5, 5.41) is 7.68. The van der Waals surface area contributed by atoms with Crippen molar-refractivity contribution in [3.05, 3.63) is 30.6 Å². The van der Waals surface area contributed by atoms with Crippen LogP contribution in [-0.2, 0) is 6.54 Å². The summed E-state index contributed by atoms with van der Waals surface area (Å²) in [4.78, 5) is 0. The van der Waals surface area contributed by atoms with E-state index in [9.17, 15) is 0 Å². The Morgan fingerprint density at radius 2 is 2.36 bits per heavy atom. The Bertz CT molecular complexity index is 297. The standard InChI is InChI=1S/C11H17N3/c1-2-7-14-9-11(8-13-14)10-3-5-12-6-4-10/h2,8-10,12H,1,3-7H2. The normalized spacial score (nSPS) is 18.3. The first-order chi connectivity index (χ1) is 6.90. The molecule has 0 spiro atoms. The molecule has 0 unspecified atom stereocenters. The zero-order valence-corrected chi connectivity index (χ0v) is 8.45. The van der Waals surface area contributed by atoms with Gasteiger partial charge in [-0.2, -0.15) is 5.10 Å². The van der Waals surface area contributed by atoms with Crippen LogP contribution >= 0.6 is 0 Å². The molecule has 1 aliphatic rings. The SMILES string of the molecule is C=CCn1cc(C2CCNCC2)cn1. The molecule has 1 saturated heterocycles. The van der Waals surface area contributed by atoms with Crippen molar-refractivity contribution in [3.8, 4) is 0 Å².